The van der Waals surface area contributed by atoms with Gasteiger partial charge in [-0.15, -0.1) is 0 Å². The first-order valence-electron chi connectivity index (χ1n) is 12.8. The number of aromatic nitrogens is 2. The molecule has 0 aliphatic heterocycles. The minimum absolute atomic E-state index is 0.0709. The number of H-pyrrole nitrogens is 1. The summed E-state index contributed by atoms with van der Waals surface area (Å²) in [6, 6.07) is 13.5. The summed E-state index contributed by atoms with van der Waals surface area (Å²) in [4.78, 5) is 17.1. The summed E-state index contributed by atoms with van der Waals surface area (Å²) in [6.07, 6.45) is -0.554. The highest BCUT2D eigenvalue weighted by molar-refractivity contribution is 7.81. The van der Waals surface area contributed by atoms with Crippen molar-refractivity contribution in [2.75, 3.05) is 0 Å². The molecule has 1 fully saturated rings. The molecule has 7 nitrogen and oxygen atoms in total. The molecule has 0 unspecified atom stereocenters. The summed E-state index contributed by atoms with van der Waals surface area (Å²) in [7, 11) is -5.41. The van der Waals surface area contributed by atoms with Crippen molar-refractivity contribution in [1.29, 1.82) is 5.26 Å². The number of fused-ring (bicyclic) bond motifs is 4. The topological polar surface area (TPSA) is 105 Å². The molecule has 0 radical (unpaired) electrons. The van der Waals surface area contributed by atoms with E-state index in [4.69, 9.17) is 0 Å². The number of alkyl halides is 3. The highest BCUT2D eigenvalue weighted by atomic mass is 32.3. The summed E-state index contributed by atoms with van der Waals surface area (Å²) in [5.74, 6) is -0.498. The second-order valence-electron chi connectivity index (χ2n) is 10.1. The highest BCUT2D eigenvalue weighted by Crippen LogP contribution is 2.42. The van der Waals surface area contributed by atoms with E-state index in [9.17, 15) is 35.5 Å². The molecular formula is C29H21F4N3O4S. The van der Waals surface area contributed by atoms with Crippen molar-refractivity contribution >= 4 is 43.3 Å². The molecule has 2 heterocycles. The Bertz CT molecular complexity index is 2070. The lowest BCUT2D eigenvalue weighted by Crippen LogP contribution is -2.19. The van der Waals surface area contributed by atoms with E-state index >= 15 is 0 Å². The zero-order valence-corrected chi connectivity index (χ0v) is 22.1. The fourth-order valence-corrected chi connectivity index (χ4v) is 6.24. The van der Waals surface area contributed by atoms with Crippen LogP contribution < -0.4 is 9.61 Å². The fourth-order valence-electron chi connectivity index (χ4n) is 5.91. The van der Waals surface area contributed by atoms with Crippen LogP contribution in [0.2, 0.25) is 0 Å². The van der Waals surface area contributed by atoms with E-state index in [1.807, 2.05) is 4.57 Å². The van der Waals surface area contributed by atoms with Crippen LogP contribution in [0.5, 0.6) is 5.75 Å². The van der Waals surface area contributed by atoms with Gasteiger partial charge in [0.05, 0.1) is 28.1 Å². The van der Waals surface area contributed by atoms with Crippen LogP contribution in [0.15, 0.2) is 59.4 Å². The quantitative estimate of drug-likeness (QED) is 0.177. The molecule has 0 bridgehead atoms. The summed E-state index contributed by atoms with van der Waals surface area (Å²) in [5.41, 5.74) is -0.482. The number of aromatic amines is 1. The molecule has 0 saturated heterocycles. The van der Waals surface area contributed by atoms with Crippen molar-refractivity contribution in [2.24, 2.45) is 0 Å². The maximum atomic E-state index is 14.5. The number of hydrogen-bond donors (Lipinski definition) is 1. The van der Waals surface area contributed by atoms with Gasteiger partial charge in [0.2, 0.25) is 0 Å². The standard InChI is InChI=1S/C29H21F4N3O4S/c30-29(31,32)23-13-22-25(14-21(23)17-5-4-8-19(12-17)40-41(33,38)39)36(18-6-2-1-3-7-18)28-26(27(22)37)20-10-9-16(15-34)11-24(20)35-28/h4-5,8-14,18,35H,1-3,6-7H2. The molecule has 0 amide bonds. The zero-order valence-electron chi connectivity index (χ0n) is 21.3. The number of pyridine rings is 1. The lowest BCUT2D eigenvalue weighted by Gasteiger charge is -2.28. The van der Waals surface area contributed by atoms with Crippen LogP contribution in [-0.2, 0) is 16.7 Å². The lowest BCUT2D eigenvalue weighted by atomic mass is 9.92. The predicted octanol–water partition coefficient (Wildman–Crippen LogP) is 7.29. The summed E-state index contributed by atoms with van der Waals surface area (Å²) in [6.45, 7) is 0. The third kappa shape index (κ3) is 4.80. The van der Waals surface area contributed by atoms with Crippen LogP contribution >= 0.6 is 0 Å². The molecule has 2 aromatic heterocycles. The van der Waals surface area contributed by atoms with Crippen molar-refractivity contribution < 1.29 is 29.7 Å². The second kappa shape index (κ2) is 9.62. The summed E-state index contributed by atoms with van der Waals surface area (Å²) in [5, 5.41) is 9.99. The number of nitrogens with zero attached hydrogens (tertiary/aromatic N) is 2. The van der Waals surface area contributed by atoms with Crippen molar-refractivity contribution in [2.45, 2.75) is 44.3 Å². The molecule has 0 atom stereocenters. The van der Waals surface area contributed by atoms with Crippen LogP contribution in [-0.4, -0.2) is 18.0 Å². The van der Waals surface area contributed by atoms with Gasteiger partial charge < -0.3 is 13.7 Å². The third-order valence-electron chi connectivity index (χ3n) is 7.60. The van der Waals surface area contributed by atoms with Gasteiger partial charge in [0, 0.05) is 22.3 Å². The van der Waals surface area contributed by atoms with Gasteiger partial charge in [0.15, 0.2) is 5.43 Å². The average Bonchev–Trinajstić information content (AvgIpc) is 3.30. The van der Waals surface area contributed by atoms with Crippen LogP contribution in [0.3, 0.4) is 0 Å². The summed E-state index contributed by atoms with van der Waals surface area (Å²) < 4.78 is 84.8. The Morgan fingerprint density at radius 1 is 1.00 bits per heavy atom. The number of benzene rings is 3. The fraction of sp³-hybridized carbons (Fsp3) is 0.241. The van der Waals surface area contributed by atoms with Gasteiger partial charge in [0.25, 0.3) is 0 Å². The zero-order chi connectivity index (χ0) is 29.1. The molecule has 5 aromatic rings. The molecule has 41 heavy (non-hydrogen) atoms. The van der Waals surface area contributed by atoms with E-state index in [0.29, 0.717) is 22.1 Å². The Labute approximate surface area is 231 Å². The Hall–Kier alpha value is -4.37. The van der Waals surface area contributed by atoms with E-state index in [2.05, 4.69) is 15.2 Å². The molecule has 1 aliphatic carbocycles. The first-order chi connectivity index (χ1) is 19.4. The monoisotopic (exact) mass is 583 g/mol. The third-order valence-corrected chi connectivity index (χ3v) is 7.99. The predicted molar refractivity (Wildman–Crippen MR) is 146 cm³/mol. The lowest BCUT2D eigenvalue weighted by molar-refractivity contribution is -0.137. The molecule has 12 heteroatoms. The van der Waals surface area contributed by atoms with E-state index in [1.54, 1.807) is 18.2 Å². The molecule has 6 rings (SSSR count). The maximum Gasteiger partial charge on any atom is 0.488 e. The first kappa shape index (κ1) is 26.8. The van der Waals surface area contributed by atoms with Crippen molar-refractivity contribution in [1.82, 2.24) is 9.55 Å². The number of nitriles is 1. The molecule has 1 aliphatic rings. The Balaban J connectivity index is 1.74. The van der Waals surface area contributed by atoms with Gasteiger partial charge in [-0.1, -0.05) is 41.3 Å². The van der Waals surface area contributed by atoms with Crippen LogP contribution in [0, 0.1) is 11.3 Å². The smallest absolute Gasteiger partial charge is 0.358 e. The number of halogens is 4. The molecule has 3 aromatic carbocycles. The van der Waals surface area contributed by atoms with Crippen molar-refractivity contribution in [3.8, 4) is 22.9 Å². The summed E-state index contributed by atoms with van der Waals surface area (Å²) >= 11 is 0. The van der Waals surface area contributed by atoms with E-state index in [0.717, 1.165) is 50.3 Å². The Morgan fingerprint density at radius 3 is 2.44 bits per heavy atom. The largest absolute Gasteiger partial charge is 0.488 e. The average molecular weight is 584 g/mol. The van der Waals surface area contributed by atoms with E-state index in [1.165, 1.54) is 18.2 Å². The van der Waals surface area contributed by atoms with Gasteiger partial charge in [-0.05, 0) is 60.4 Å². The normalized spacial score (nSPS) is 15.0. The molecule has 1 N–H and O–H groups in total. The number of nitrogens with one attached hydrogen (secondary N) is 1. The van der Waals surface area contributed by atoms with Gasteiger partial charge in [-0.3, -0.25) is 4.79 Å². The minimum Gasteiger partial charge on any atom is -0.358 e. The second-order valence-corrected chi connectivity index (χ2v) is 11.1. The number of hydrogen-bond acceptors (Lipinski definition) is 5. The molecular weight excluding hydrogens is 562 g/mol. The van der Waals surface area contributed by atoms with Gasteiger partial charge in [-0.25, -0.2) is 0 Å². The Kier molecular flexibility index (Phi) is 6.30. The van der Waals surface area contributed by atoms with Crippen LogP contribution in [0.25, 0.3) is 44.0 Å². The highest BCUT2D eigenvalue weighted by Gasteiger charge is 2.35. The molecule has 0 spiro atoms. The Morgan fingerprint density at radius 2 is 1.76 bits per heavy atom. The van der Waals surface area contributed by atoms with Crippen molar-refractivity contribution in [3.05, 3.63) is 75.9 Å². The van der Waals surface area contributed by atoms with Gasteiger partial charge in [0.1, 0.15) is 11.4 Å². The van der Waals surface area contributed by atoms with Gasteiger partial charge >= 0.3 is 16.7 Å². The van der Waals surface area contributed by atoms with E-state index in [-0.39, 0.29) is 33.5 Å². The number of rotatable bonds is 4. The molecule has 1 saturated carbocycles. The SMILES string of the molecule is N#Cc1ccc2c(c1)[nH]c1c2c(=O)c2cc(C(F)(F)F)c(-c3cccc(OS(=O)(=O)F)c3)cc2n1C1CCCCC1. The first-order valence-corrected chi connectivity index (χ1v) is 14.1. The van der Waals surface area contributed by atoms with E-state index < -0.39 is 33.4 Å². The molecule has 210 valence electrons. The van der Waals surface area contributed by atoms with Crippen LogP contribution in [0.1, 0.15) is 49.3 Å². The maximum absolute atomic E-state index is 14.5. The van der Waals surface area contributed by atoms with Crippen molar-refractivity contribution in [3.63, 3.8) is 0 Å². The van der Waals surface area contributed by atoms with Gasteiger partial charge in [-0.2, -0.15) is 26.9 Å². The van der Waals surface area contributed by atoms with Crippen LogP contribution in [0.4, 0.5) is 17.1 Å². The minimum atomic E-state index is -5.41.